The second-order valence-corrected chi connectivity index (χ2v) is 3.01. The van der Waals surface area contributed by atoms with Crippen molar-refractivity contribution in [2.75, 3.05) is 13.1 Å². The van der Waals surface area contributed by atoms with Gasteiger partial charge in [0.1, 0.15) is 5.76 Å². The third-order valence-electron chi connectivity index (χ3n) is 1.59. The highest BCUT2D eigenvalue weighted by Crippen LogP contribution is 1.99. The molecule has 1 aromatic rings. The van der Waals surface area contributed by atoms with Gasteiger partial charge < -0.3 is 15.5 Å². The van der Waals surface area contributed by atoms with E-state index in [0.717, 1.165) is 25.3 Å². The summed E-state index contributed by atoms with van der Waals surface area (Å²) in [5.41, 5.74) is 5.57. The molecule has 68 valence electrons. The second kappa shape index (κ2) is 4.95. The molecule has 0 radical (unpaired) electrons. The van der Waals surface area contributed by atoms with Crippen molar-refractivity contribution in [1.29, 1.82) is 0 Å². The average Bonchev–Trinajstić information content (AvgIpc) is 2.49. The predicted molar refractivity (Wildman–Crippen MR) is 48.9 cm³/mol. The normalized spacial score (nSPS) is 13.2. The average molecular weight is 168 g/mol. The van der Waals surface area contributed by atoms with Gasteiger partial charge in [0.25, 0.3) is 0 Å². The first-order valence-electron chi connectivity index (χ1n) is 4.27. The molecule has 0 spiro atoms. The molecule has 1 atom stereocenters. The van der Waals surface area contributed by atoms with Gasteiger partial charge in [-0.15, -0.1) is 0 Å². The van der Waals surface area contributed by atoms with Crippen molar-refractivity contribution < 1.29 is 4.42 Å². The molecule has 0 aliphatic carbocycles. The molecular formula is C9H16N2O. The molecule has 0 aliphatic rings. The first kappa shape index (κ1) is 9.29. The van der Waals surface area contributed by atoms with Gasteiger partial charge >= 0.3 is 0 Å². The molecule has 0 amide bonds. The first-order chi connectivity index (χ1) is 5.79. The fourth-order valence-corrected chi connectivity index (χ4v) is 0.996. The molecule has 0 aliphatic heterocycles. The Bertz CT molecular complexity index is 194. The minimum Gasteiger partial charge on any atom is -0.469 e. The lowest BCUT2D eigenvalue weighted by molar-refractivity contribution is 0.495. The number of hydrogen-bond donors (Lipinski definition) is 2. The molecule has 0 aromatic carbocycles. The third-order valence-corrected chi connectivity index (χ3v) is 1.59. The molecule has 3 N–H and O–H groups in total. The Labute approximate surface area is 72.9 Å². The summed E-state index contributed by atoms with van der Waals surface area (Å²) >= 11 is 0. The molecule has 1 heterocycles. The van der Waals surface area contributed by atoms with Crippen LogP contribution in [0.2, 0.25) is 0 Å². The van der Waals surface area contributed by atoms with Crippen LogP contribution >= 0.6 is 0 Å². The van der Waals surface area contributed by atoms with Crippen molar-refractivity contribution in [3.63, 3.8) is 0 Å². The van der Waals surface area contributed by atoms with Gasteiger partial charge in [-0.05, 0) is 19.1 Å². The third kappa shape index (κ3) is 3.55. The fraction of sp³-hybridized carbons (Fsp3) is 0.556. The summed E-state index contributed by atoms with van der Waals surface area (Å²) in [6.07, 6.45) is 2.63. The van der Waals surface area contributed by atoms with Crippen molar-refractivity contribution in [1.82, 2.24) is 5.32 Å². The summed E-state index contributed by atoms with van der Waals surface area (Å²) < 4.78 is 5.17. The molecular weight excluding hydrogens is 152 g/mol. The maximum atomic E-state index is 5.57. The van der Waals surface area contributed by atoms with E-state index >= 15 is 0 Å². The molecule has 12 heavy (non-hydrogen) atoms. The SMILES string of the molecule is CC(N)CNCCc1ccco1. The predicted octanol–water partition coefficient (Wildman–Crippen LogP) is 0.759. The van der Waals surface area contributed by atoms with Crippen LogP contribution < -0.4 is 11.1 Å². The van der Waals surface area contributed by atoms with Crippen molar-refractivity contribution in [3.8, 4) is 0 Å². The van der Waals surface area contributed by atoms with Gasteiger partial charge in [0.15, 0.2) is 0 Å². The van der Waals surface area contributed by atoms with Crippen LogP contribution in [0, 0.1) is 0 Å². The van der Waals surface area contributed by atoms with Gasteiger partial charge in [-0.25, -0.2) is 0 Å². The van der Waals surface area contributed by atoms with Crippen LogP contribution in [-0.2, 0) is 6.42 Å². The zero-order valence-corrected chi connectivity index (χ0v) is 7.42. The molecule has 1 aromatic heterocycles. The number of rotatable bonds is 5. The van der Waals surface area contributed by atoms with Crippen molar-refractivity contribution in [2.45, 2.75) is 19.4 Å². The van der Waals surface area contributed by atoms with Gasteiger partial charge in [0.05, 0.1) is 6.26 Å². The van der Waals surface area contributed by atoms with Crippen LogP contribution in [0.15, 0.2) is 22.8 Å². The number of nitrogens with one attached hydrogen (secondary N) is 1. The van der Waals surface area contributed by atoms with Crippen LogP contribution in [0.25, 0.3) is 0 Å². The van der Waals surface area contributed by atoms with Gasteiger partial charge in [-0.2, -0.15) is 0 Å². The van der Waals surface area contributed by atoms with E-state index in [1.54, 1.807) is 6.26 Å². The first-order valence-corrected chi connectivity index (χ1v) is 4.27. The molecule has 0 fully saturated rings. The van der Waals surface area contributed by atoms with Crippen molar-refractivity contribution in [3.05, 3.63) is 24.2 Å². The standard InChI is InChI=1S/C9H16N2O/c1-8(10)7-11-5-4-9-3-2-6-12-9/h2-3,6,8,11H,4-5,7,10H2,1H3. The van der Waals surface area contributed by atoms with Crippen LogP contribution in [0.5, 0.6) is 0 Å². The highest BCUT2D eigenvalue weighted by Gasteiger charge is 1.95. The number of nitrogens with two attached hydrogens (primary N) is 1. The lowest BCUT2D eigenvalue weighted by Crippen LogP contribution is -2.32. The molecule has 3 nitrogen and oxygen atoms in total. The van der Waals surface area contributed by atoms with E-state index in [1.807, 2.05) is 19.1 Å². The smallest absolute Gasteiger partial charge is 0.105 e. The lowest BCUT2D eigenvalue weighted by atomic mass is 10.3. The highest BCUT2D eigenvalue weighted by molar-refractivity contribution is 4.98. The summed E-state index contributed by atoms with van der Waals surface area (Å²) in [4.78, 5) is 0. The maximum Gasteiger partial charge on any atom is 0.105 e. The summed E-state index contributed by atoms with van der Waals surface area (Å²) in [5, 5.41) is 3.24. The Morgan fingerprint density at radius 2 is 2.50 bits per heavy atom. The summed E-state index contributed by atoms with van der Waals surface area (Å²) in [6, 6.07) is 4.11. The molecule has 0 bridgehead atoms. The Kier molecular flexibility index (Phi) is 3.84. The maximum absolute atomic E-state index is 5.57. The molecule has 0 saturated heterocycles. The Morgan fingerprint density at radius 3 is 3.08 bits per heavy atom. The van der Waals surface area contributed by atoms with Gasteiger partial charge in [0, 0.05) is 25.6 Å². The second-order valence-electron chi connectivity index (χ2n) is 3.01. The van der Waals surface area contributed by atoms with E-state index in [2.05, 4.69) is 5.32 Å². The van der Waals surface area contributed by atoms with Crippen LogP contribution in [0.1, 0.15) is 12.7 Å². The number of furan rings is 1. The zero-order valence-electron chi connectivity index (χ0n) is 7.42. The highest BCUT2D eigenvalue weighted by atomic mass is 16.3. The quantitative estimate of drug-likeness (QED) is 0.638. The van der Waals surface area contributed by atoms with E-state index < -0.39 is 0 Å². The topological polar surface area (TPSA) is 51.2 Å². The van der Waals surface area contributed by atoms with E-state index in [4.69, 9.17) is 10.2 Å². The fourth-order valence-electron chi connectivity index (χ4n) is 0.996. The van der Waals surface area contributed by atoms with Gasteiger partial charge in [0.2, 0.25) is 0 Å². The van der Waals surface area contributed by atoms with E-state index in [9.17, 15) is 0 Å². The van der Waals surface area contributed by atoms with Crippen LogP contribution in [0.3, 0.4) is 0 Å². The van der Waals surface area contributed by atoms with Crippen LogP contribution in [0.4, 0.5) is 0 Å². The molecule has 3 heteroatoms. The summed E-state index contributed by atoms with van der Waals surface area (Å²) in [7, 11) is 0. The lowest BCUT2D eigenvalue weighted by Gasteiger charge is -2.05. The Balaban J connectivity index is 2.04. The Hall–Kier alpha value is -0.800. The minimum absolute atomic E-state index is 0.224. The summed E-state index contributed by atoms with van der Waals surface area (Å²) in [6.45, 7) is 3.77. The largest absolute Gasteiger partial charge is 0.469 e. The minimum atomic E-state index is 0.224. The molecule has 1 rings (SSSR count). The molecule has 1 unspecified atom stereocenters. The molecule has 0 saturated carbocycles. The summed E-state index contributed by atoms with van der Waals surface area (Å²) in [5.74, 6) is 1.02. The van der Waals surface area contributed by atoms with Gasteiger partial charge in [-0.3, -0.25) is 0 Å². The van der Waals surface area contributed by atoms with E-state index in [1.165, 1.54) is 0 Å². The number of hydrogen-bond acceptors (Lipinski definition) is 3. The Morgan fingerprint density at radius 1 is 1.67 bits per heavy atom. The van der Waals surface area contributed by atoms with Crippen molar-refractivity contribution in [2.24, 2.45) is 5.73 Å². The van der Waals surface area contributed by atoms with E-state index in [0.29, 0.717) is 0 Å². The monoisotopic (exact) mass is 168 g/mol. The van der Waals surface area contributed by atoms with Crippen molar-refractivity contribution >= 4 is 0 Å². The van der Waals surface area contributed by atoms with E-state index in [-0.39, 0.29) is 6.04 Å². The zero-order chi connectivity index (χ0) is 8.81. The van der Waals surface area contributed by atoms with Crippen LogP contribution in [-0.4, -0.2) is 19.1 Å². The van der Waals surface area contributed by atoms with Gasteiger partial charge in [-0.1, -0.05) is 0 Å².